The summed E-state index contributed by atoms with van der Waals surface area (Å²) in [6.45, 7) is 9.57. The van der Waals surface area contributed by atoms with Crippen LogP contribution in [-0.4, -0.2) is 27.1 Å². The van der Waals surface area contributed by atoms with Gasteiger partial charge in [-0.2, -0.15) is 0 Å². The SMILES string of the molecule is CCNC(=O)c1cc2c(-c3sc(C(C)(C)O)cc3Oc3c(C)cc(Cl)cc3C)cn(C)c(=O)c2[nH]1. The molecule has 0 saturated heterocycles. The number of aryl methyl sites for hydroxylation is 3. The first-order chi connectivity index (χ1) is 16.4. The number of carbonyl (C=O) groups is 1. The molecular weight excluding hydrogens is 486 g/mol. The fraction of sp³-hybridized carbons (Fsp3) is 0.308. The number of rotatable bonds is 6. The maximum atomic E-state index is 12.9. The number of aromatic nitrogens is 2. The third-order valence-electron chi connectivity index (χ3n) is 5.73. The third kappa shape index (κ3) is 4.74. The van der Waals surface area contributed by atoms with Gasteiger partial charge < -0.3 is 24.7 Å². The second-order valence-electron chi connectivity index (χ2n) is 9.12. The summed E-state index contributed by atoms with van der Waals surface area (Å²) >= 11 is 7.59. The van der Waals surface area contributed by atoms with Crippen LogP contribution in [0.4, 0.5) is 0 Å². The number of nitrogens with zero attached hydrogens (tertiary/aromatic N) is 1. The van der Waals surface area contributed by atoms with E-state index in [4.69, 9.17) is 16.3 Å². The Balaban J connectivity index is 1.97. The van der Waals surface area contributed by atoms with Crippen molar-refractivity contribution in [3.05, 3.63) is 67.5 Å². The number of halogens is 1. The molecule has 4 aromatic rings. The molecule has 4 rings (SSSR count). The Morgan fingerprint density at radius 2 is 1.89 bits per heavy atom. The van der Waals surface area contributed by atoms with Crippen LogP contribution < -0.4 is 15.6 Å². The molecule has 3 heterocycles. The monoisotopic (exact) mass is 513 g/mol. The number of hydrogen-bond donors (Lipinski definition) is 3. The number of amides is 1. The number of carbonyl (C=O) groups excluding carboxylic acids is 1. The van der Waals surface area contributed by atoms with Gasteiger partial charge in [-0.05, 0) is 70.0 Å². The molecule has 0 spiro atoms. The predicted molar refractivity (Wildman–Crippen MR) is 141 cm³/mol. The van der Waals surface area contributed by atoms with Crippen LogP contribution in [0.3, 0.4) is 0 Å². The number of ether oxygens (including phenoxy) is 1. The third-order valence-corrected chi connectivity index (χ3v) is 7.41. The number of aromatic amines is 1. The number of hydrogen-bond acceptors (Lipinski definition) is 5. The summed E-state index contributed by atoms with van der Waals surface area (Å²) in [7, 11) is 1.66. The second kappa shape index (κ2) is 9.18. The molecule has 1 aromatic carbocycles. The molecule has 0 aliphatic carbocycles. The molecule has 0 radical (unpaired) electrons. The van der Waals surface area contributed by atoms with Crippen molar-refractivity contribution in [1.82, 2.24) is 14.9 Å². The zero-order chi connectivity index (χ0) is 25.7. The largest absolute Gasteiger partial charge is 0.455 e. The Labute approximate surface area is 212 Å². The van der Waals surface area contributed by atoms with Crippen molar-refractivity contribution in [1.29, 1.82) is 0 Å². The minimum absolute atomic E-state index is 0.245. The van der Waals surface area contributed by atoms with E-state index in [-0.39, 0.29) is 11.5 Å². The lowest BCUT2D eigenvalue weighted by Gasteiger charge is -2.14. The fourth-order valence-electron chi connectivity index (χ4n) is 4.00. The van der Waals surface area contributed by atoms with Gasteiger partial charge in [-0.3, -0.25) is 9.59 Å². The van der Waals surface area contributed by atoms with Gasteiger partial charge in [0.15, 0.2) is 0 Å². The smallest absolute Gasteiger partial charge is 0.274 e. The number of thiophene rings is 1. The maximum Gasteiger partial charge on any atom is 0.274 e. The van der Waals surface area contributed by atoms with Crippen molar-refractivity contribution in [2.24, 2.45) is 7.05 Å². The van der Waals surface area contributed by atoms with Gasteiger partial charge >= 0.3 is 0 Å². The summed E-state index contributed by atoms with van der Waals surface area (Å²) in [5.74, 6) is 0.930. The van der Waals surface area contributed by atoms with Gasteiger partial charge in [0.2, 0.25) is 0 Å². The Hall–Kier alpha value is -3.07. The normalized spacial score (nSPS) is 11.8. The molecule has 0 aliphatic heterocycles. The molecule has 9 heteroatoms. The summed E-state index contributed by atoms with van der Waals surface area (Å²) in [5, 5.41) is 14.7. The van der Waals surface area contributed by atoms with Gasteiger partial charge in [-0.25, -0.2) is 0 Å². The highest BCUT2D eigenvalue weighted by Crippen LogP contribution is 2.46. The van der Waals surface area contributed by atoms with E-state index in [1.54, 1.807) is 33.2 Å². The lowest BCUT2D eigenvalue weighted by molar-refractivity contribution is 0.0824. The lowest BCUT2D eigenvalue weighted by Crippen LogP contribution is -2.23. The van der Waals surface area contributed by atoms with Gasteiger partial charge in [0.05, 0.1) is 10.5 Å². The van der Waals surface area contributed by atoms with Gasteiger partial charge in [0, 0.05) is 40.6 Å². The predicted octanol–water partition coefficient (Wildman–Crippen LogP) is 5.63. The molecule has 0 fully saturated rings. The average molecular weight is 514 g/mol. The first kappa shape index (κ1) is 25.0. The topological polar surface area (TPSA) is 96.3 Å². The molecule has 0 saturated carbocycles. The van der Waals surface area contributed by atoms with E-state index in [1.165, 1.54) is 15.9 Å². The van der Waals surface area contributed by atoms with Crippen molar-refractivity contribution >= 4 is 39.7 Å². The number of H-pyrrole nitrogens is 1. The summed E-state index contributed by atoms with van der Waals surface area (Å²) in [6.07, 6.45) is 1.73. The van der Waals surface area contributed by atoms with Crippen molar-refractivity contribution in [3.8, 4) is 21.9 Å². The van der Waals surface area contributed by atoms with Crippen LogP contribution in [0.1, 0.15) is 47.3 Å². The number of fused-ring (bicyclic) bond motifs is 1. The molecule has 35 heavy (non-hydrogen) atoms. The fourth-order valence-corrected chi connectivity index (χ4v) is 5.44. The summed E-state index contributed by atoms with van der Waals surface area (Å²) in [6, 6.07) is 7.18. The van der Waals surface area contributed by atoms with Gasteiger partial charge in [0.25, 0.3) is 11.5 Å². The Kier molecular flexibility index (Phi) is 6.57. The first-order valence-electron chi connectivity index (χ1n) is 11.2. The van der Waals surface area contributed by atoms with Crippen molar-refractivity contribution in [2.75, 3.05) is 6.54 Å². The van der Waals surface area contributed by atoms with Crippen LogP contribution in [0.15, 0.2) is 35.3 Å². The van der Waals surface area contributed by atoms with Crippen LogP contribution >= 0.6 is 22.9 Å². The molecule has 184 valence electrons. The van der Waals surface area contributed by atoms with E-state index in [2.05, 4.69) is 10.3 Å². The molecule has 3 aromatic heterocycles. The Morgan fingerprint density at radius 1 is 1.23 bits per heavy atom. The van der Waals surface area contributed by atoms with Crippen molar-refractivity contribution in [2.45, 2.75) is 40.2 Å². The summed E-state index contributed by atoms with van der Waals surface area (Å²) in [5.41, 5.74) is 1.76. The lowest BCUT2D eigenvalue weighted by atomic mass is 10.1. The van der Waals surface area contributed by atoms with Crippen LogP contribution in [0.2, 0.25) is 5.02 Å². The minimum atomic E-state index is -1.10. The highest BCUT2D eigenvalue weighted by molar-refractivity contribution is 7.16. The van der Waals surface area contributed by atoms with Gasteiger partial charge in [-0.1, -0.05) is 11.6 Å². The summed E-state index contributed by atoms with van der Waals surface area (Å²) < 4.78 is 7.91. The Morgan fingerprint density at radius 3 is 2.49 bits per heavy atom. The van der Waals surface area contributed by atoms with E-state index in [9.17, 15) is 14.7 Å². The van der Waals surface area contributed by atoms with Gasteiger partial charge in [-0.15, -0.1) is 11.3 Å². The molecule has 0 aliphatic rings. The molecule has 0 bridgehead atoms. The number of pyridine rings is 1. The number of nitrogens with one attached hydrogen (secondary N) is 2. The van der Waals surface area contributed by atoms with E-state index in [1.807, 2.05) is 39.0 Å². The maximum absolute atomic E-state index is 12.9. The van der Waals surface area contributed by atoms with Crippen molar-refractivity contribution < 1.29 is 14.6 Å². The van der Waals surface area contributed by atoms with Crippen LogP contribution in [0, 0.1) is 13.8 Å². The van der Waals surface area contributed by atoms with E-state index in [0.717, 1.165) is 16.0 Å². The number of benzene rings is 1. The van der Waals surface area contributed by atoms with Crippen LogP contribution in [-0.2, 0) is 12.6 Å². The molecule has 1 amide bonds. The highest BCUT2D eigenvalue weighted by Gasteiger charge is 2.26. The molecule has 0 unspecified atom stereocenters. The van der Waals surface area contributed by atoms with E-state index < -0.39 is 5.60 Å². The highest BCUT2D eigenvalue weighted by atomic mass is 35.5. The van der Waals surface area contributed by atoms with E-state index >= 15 is 0 Å². The van der Waals surface area contributed by atoms with E-state index in [0.29, 0.717) is 50.1 Å². The van der Waals surface area contributed by atoms with Crippen LogP contribution in [0.5, 0.6) is 11.5 Å². The number of aliphatic hydroxyl groups is 1. The summed E-state index contributed by atoms with van der Waals surface area (Å²) in [4.78, 5) is 29.8. The second-order valence-corrected chi connectivity index (χ2v) is 10.6. The zero-order valence-electron chi connectivity index (χ0n) is 20.5. The zero-order valence-corrected chi connectivity index (χ0v) is 22.1. The first-order valence-corrected chi connectivity index (χ1v) is 12.4. The van der Waals surface area contributed by atoms with Crippen molar-refractivity contribution in [3.63, 3.8) is 0 Å². The molecule has 3 N–H and O–H groups in total. The standard InChI is InChI=1S/C26H28ClN3O4S/c1-7-28-24(31)18-10-16-17(12-30(6)25(32)21(16)29-18)23-19(11-20(35-23)26(4,5)33)34-22-13(2)8-15(27)9-14(22)3/h8-12,29,33H,7H2,1-6H3,(H,28,31). The molecule has 7 nitrogen and oxygen atoms in total. The average Bonchev–Trinajstić information content (AvgIpc) is 3.39. The Bertz CT molecular complexity index is 1480. The molecule has 0 atom stereocenters. The quantitative estimate of drug-likeness (QED) is 0.311. The van der Waals surface area contributed by atoms with Gasteiger partial charge in [0.1, 0.15) is 22.7 Å². The van der Waals surface area contributed by atoms with Crippen LogP contribution in [0.25, 0.3) is 21.3 Å². The minimum Gasteiger partial charge on any atom is -0.455 e. The molecular formula is C26H28ClN3O4S.